The van der Waals surface area contributed by atoms with Gasteiger partial charge in [-0.15, -0.1) is 0 Å². The van der Waals surface area contributed by atoms with Gasteiger partial charge in [-0.3, -0.25) is 0 Å². The third-order valence-electron chi connectivity index (χ3n) is 1.83. The molecule has 8 heteroatoms. The standard InChI is InChI=1S/C9H11Cl2NO4S/c1-15-2-3-16-9-7(10)4-6(5-8(9)11)17(12,13)14/h4-5H,2-3H2,1H3,(H2,12,13,14). The average Bonchev–Trinajstić information content (AvgIpc) is 2.20. The van der Waals surface area contributed by atoms with Crippen LogP contribution in [-0.2, 0) is 14.8 Å². The molecular formula is C9H11Cl2NO4S. The van der Waals surface area contributed by atoms with Gasteiger partial charge in [0.25, 0.3) is 0 Å². The van der Waals surface area contributed by atoms with Gasteiger partial charge >= 0.3 is 0 Å². The first kappa shape index (κ1) is 14.5. The number of ether oxygens (including phenoxy) is 2. The molecule has 0 saturated carbocycles. The number of halogens is 2. The number of methoxy groups -OCH3 is 1. The minimum atomic E-state index is -3.84. The van der Waals surface area contributed by atoms with E-state index in [9.17, 15) is 8.42 Å². The van der Waals surface area contributed by atoms with E-state index in [1.165, 1.54) is 19.2 Å². The van der Waals surface area contributed by atoms with Crippen LogP contribution in [0, 0.1) is 0 Å². The van der Waals surface area contributed by atoms with Crippen molar-refractivity contribution in [2.45, 2.75) is 4.90 Å². The van der Waals surface area contributed by atoms with Crippen LogP contribution in [0.4, 0.5) is 0 Å². The van der Waals surface area contributed by atoms with Crippen LogP contribution in [0.25, 0.3) is 0 Å². The molecule has 5 nitrogen and oxygen atoms in total. The van der Waals surface area contributed by atoms with Crippen LogP contribution >= 0.6 is 23.2 Å². The lowest BCUT2D eigenvalue weighted by molar-refractivity contribution is 0.146. The van der Waals surface area contributed by atoms with Crippen molar-refractivity contribution in [1.29, 1.82) is 0 Å². The zero-order valence-electron chi connectivity index (χ0n) is 8.94. The summed E-state index contributed by atoms with van der Waals surface area (Å²) >= 11 is 11.7. The van der Waals surface area contributed by atoms with E-state index in [2.05, 4.69) is 0 Å². The summed E-state index contributed by atoms with van der Waals surface area (Å²) in [5.74, 6) is 0.206. The van der Waals surface area contributed by atoms with Gasteiger partial charge in [0.2, 0.25) is 10.0 Å². The fourth-order valence-electron chi connectivity index (χ4n) is 1.07. The van der Waals surface area contributed by atoms with Gasteiger partial charge in [0.05, 0.1) is 21.5 Å². The lowest BCUT2D eigenvalue weighted by atomic mass is 10.3. The number of benzene rings is 1. The molecule has 0 aliphatic carbocycles. The molecule has 0 aliphatic rings. The van der Waals surface area contributed by atoms with Crippen molar-refractivity contribution in [3.05, 3.63) is 22.2 Å². The van der Waals surface area contributed by atoms with Gasteiger partial charge in [0, 0.05) is 7.11 Å². The quantitative estimate of drug-likeness (QED) is 0.839. The minimum absolute atomic E-state index is 0.0811. The molecule has 0 unspecified atom stereocenters. The molecule has 96 valence electrons. The topological polar surface area (TPSA) is 78.6 Å². The van der Waals surface area contributed by atoms with Gasteiger partial charge in [-0.1, -0.05) is 23.2 Å². The van der Waals surface area contributed by atoms with Crippen molar-refractivity contribution < 1.29 is 17.9 Å². The summed E-state index contributed by atoms with van der Waals surface area (Å²) in [6, 6.07) is 2.37. The van der Waals surface area contributed by atoms with Crippen molar-refractivity contribution in [1.82, 2.24) is 0 Å². The molecule has 17 heavy (non-hydrogen) atoms. The number of primary sulfonamides is 1. The van der Waals surface area contributed by atoms with Gasteiger partial charge in [-0.05, 0) is 12.1 Å². The first-order valence-electron chi connectivity index (χ1n) is 4.50. The maximum Gasteiger partial charge on any atom is 0.238 e. The first-order chi connectivity index (χ1) is 7.86. The summed E-state index contributed by atoms with van der Waals surface area (Å²) in [7, 11) is -2.31. The Kier molecular flexibility index (Phi) is 5.03. The Bertz CT molecular complexity index is 481. The summed E-state index contributed by atoms with van der Waals surface area (Å²) in [6.07, 6.45) is 0. The molecule has 1 rings (SSSR count). The van der Waals surface area contributed by atoms with Crippen LogP contribution in [0.2, 0.25) is 10.0 Å². The van der Waals surface area contributed by atoms with Crippen molar-refractivity contribution in [3.63, 3.8) is 0 Å². The highest BCUT2D eigenvalue weighted by Gasteiger charge is 2.15. The van der Waals surface area contributed by atoms with Gasteiger partial charge in [0.1, 0.15) is 6.61 Å². The number of rotatable bonds is 5. The molecule has 1 aromatic rings. The molecule has 0 bridgehead atoms. The van der Waals surface area contributed by atoms with Crippen LogP contribution in [0.3, 0.4) is 0 Å². The lowest BCUT2D eigenvalue weighted by Gasteiger charge is -2.10. The second-order valence-electron chi connectivity index (χ2n) is 3.10. The summed E-state index contributed by atoms with van der Waals surface area (Å²) < 4.78 is 32.3. The fraction of sp³-hybridized carbons (Fsp3) is 0.333. The number of hydrogen-bond acceptors (Lipinski definition) is 4. The Balaban J connectivity index is 3.03. The van der Waals surface area contributed by atoms with E-state index in [0.29, 0.717) is 6.61 Å². The maximum absolute atomic E-state index is 11.1. The molecule has 0 aromatic heterocycles. The number of hydrogen-bond donors (Lipinski definition) is 1. The summed E-state index contributed by atoms with van der Waals surface area (Å²) in [6.45, 7) is 0.619. The Morgan fingerprint density at radius 2 is 1.76 bits per heavy atom. The Morgan fingerprint density at radius 1 is 1.24 bits per heavy atom. The highest BCUT2D eigenvalue weighted by Crippen LogP contribution is 2.35. The smallest absolute Gasteiger partial charge is 0.238 e. The van der Waals surface area contributed by atoms with E-state index < -0.39 is 10.0 Å². The maximum atomic E-state index is 11.1. The highest BCUT2D eigenvalue weighted by molar-refractivity contribution is 7.89. The van der Waals surface area contributed by atoms with Crippen LogP contribution in [0.5, 0.6) is 5.75 Å². The monoisotopic (exact) mass is 299 g/mol. The zero-order valence-corrected chi connectivity index (χ0v) is 11.3. The van der Waals surface area contributed by atoms with Crippen LogP contribution in [0.15, 0.2) is 17.0 Å². The molecule has 0 saturated heterocycles. The molecule has 2 N–H and O–H groups in total. The van der Waals surface area contributed by atoms with E-state index in [4.69, 9.17) is 37.8 Å². The average molecular weight is 300 g/mol. The molecule has 0 atom stereocenters. The van der Waals surface area contributed by atoms with Crippen LogP contribution in [0.1, 0.15) is 0 Å². The van der Waals surface area contributed by atoms with Crippen molar-refractivity contribution >= 4 is 33.2 Å². The molecule has 0 heterocycles. The van der Waals surface area contributed by atoms with Crippen molar-refractivity contribution in [2.75, 3.05) is 20.3 Å². The fourth-order valence-corrected chi connectivity index (χ4v) is 2.36. The van der Waals surface area contributed by atoms with E-state index in [1.807, 2.05) is 0 Å². The Hall–Kier alpha value is -0.530. The molecule has 0 radical (unpaired) electrons. The lowest BCUT2D eigenvalue weighted by Crippen LogP contribution is -2.12. The largest absolute Gasteiger partial charge is 0.488 e. The molecular weight excluding hydrogens is 289 g/mol. The van der Waals surface area contributed by atoms with Gasteiger partial charge in [-0.2, -0.15) is 0 Å². The van der Waals surface area contributed by atoms with Gasteiger partial charge in [-0.25, -0.2) is 13.6 Å². The minimum Gasteiger partial charge on any atom is -0.488 e. The molecule has 0 fully saturated rings. The SMILES string of the molecule is COCCOc1c(Cl)cc(S(N)(=O)=O)cc1Cl. The van der Waals surface area contributed by atoms with Gasteiger partial charge in [0.15, 0.2) is 5.75 Å². The third kappa shape index (κ3) is 4.01. The summed E-state index contributed by atoms with van der Waals surface area (Å²) in [4.78, 5) is -0.161. The van der Waals surface area contributed by atoms with Crippen LogP contribution < -0.4 is 9.88 Å². The predicted octanol–water partition coefficient (Wildman–Crippen LogP) is 1.67. The van der Waals surface area contributed by atoms with Gasteiger partial charge < -0.3 is 9.47 Å². The second-order valence-corrected chi connectivity index (χ2v) is 5.48. The Labute approximate surface area is 109 Å². The van der Waals surface area contributed by atoms with E-state index in [-0.39, 0.29) is 27.3 Å². The summed E-state index contributed by atoms with van der Waals surface area (Å²) in [5.41, 5.74) is 0. The second kappa shape index (κ2) is 5.88. The molecule has 0 aliphatic heterocycles. The first-order valence-corrected chi connectivity index (χ1v) is 6.80. The molecule has 1 aromatic carbocycles. The van der Waals surface area contributed by atoms with Crippen LogP contribution in [-0.4, -0.2) is 28.7 Å². The van der Waals surface area contributed by atoms with Crippen molar-refractivity contribution in [3.8, 4) is 5.75 Å². The summed E-state index contributed by atoms with van der Waals surface area (Å²) in [5, 5.41) is 5.12. The van der Waals surface area contributed by atoms with Crippen molar-refractivity contribution in [2.24, 2.45) is 5.14 Å². The molecule has 0 spiro atoms. The van der Waals surface area contributed by atoms with E-state index in [1.54, 1.807) is 0 Å². The highest BCUT2D eigenvalue weighted by atomic mass is 35.5. The Morgan fingerprint density at radius 3 is 2.18 bits per heavy atom. The zero-order chi connectivity index (χ0) is 13.1. The number of sulfonamides is 1. The predicted molar refractivity (Wildman–Crippen MR) is 65.2 cm³/mol. The number of nitrogens with two attached hydrogens (primary N) is 1. The van der Waals surface area contributed by atoms with E-state index >= 15 is 0 Å². The molecule has 0 amide bonds. The van der Waals surface area contributed by atoms with E-state index in [0.717, 1.165) is 0 Å². The third-order valence-corrected chi connectivity index (χ3v) is 3.29. The normalized spacial score (nSPS) is 11.5.